The van der Waals surface area contributed by atoms with Crippen LogP contribution in [0.5, 0.6) is 0 Å². The summed E-state index contributed by atoms with van der Waals surface area (Å²) in [6.45, 7) is 6.01. The van der Waals surface area contributed by atoms with E-state index in [-0.39, 0.29) is 18.0 Å². The number of halogens is 3. The molecule has 0 bridgehead atoms. The number of amides is 1. The molecule has 31 heavy (non-hydrogen) atoms. The maximum Gasteiger partial charge on any atom is 0.416 e. The second-order valence-electron chi connectivity index (χ2n) is 8.51. The van der Waals surface area contributed by atoms with Gasteiger partial charge in [0.05, 0.1) is 17.5 Å². The molecule has 1 saturated heterocycles. The van der Waals surface area contributed by atoms with E-state index in [9.17, 15) is 18.0 Å². The molecule has 0 saturated carbocycles. The zero-order valence-corrected chi connectivity index (χ0v) is 17.8. The van der Waals surface area contributed by atoms with Crippen LogP contribution in [-0.4, -0.2) is 37.6 Å². The largest absolute Gasteiger partial charge is 0.416 e. The Kier molecular flexibility index (Phi) is 5.86. The first-order valence-electron chi connectivity index (χ1n) is 10.8. The van der Waals surface area contributed by atoms with Gasteiger partial charge < -0.3 is 15.1 Å². The highest BCUT2D eigenvalue weighted by Crippen LogP contribution is 2.40. The molecule has 0 radical (unpaired) electrons. The third-order valence-electron chi connectivity index (χ3n) is 6.50. The molecule has 7 heteroatoms. The zero-order valence-electron chi connectivity index (χ0n) is 17.8. The monoisotopic (exact) mass is 431 g/mol. The molecule has 3 unspecified atom stereocenters. The van der Waals surface area contributed by atoms with E-state index in [0.717, 1.165) is 30.4 Å². The highest BCUT2D eigenvalue weighted by Gasteiger charge is 2.43. The first-order chi connectivity index (χ1) is 14.8. The lowest BCUT2D eigenvalue weighted by Crippen LogP contribution is -2.61. The third-order valence-corrected chi connectivity index (χ3v) is 6.50. The van der Waals surface area contributed by atoms with Crippen LogP contribution < -0.4 is 15.1 Å². The van der Waals surface area contributed by atoms with Gasteiger partial charge in [0.25, 0.3) is 0 Å². The van der Waals surface area contributed by atoms with Crippen molar-refractivity contribution in [1.29, 1.82) is 0 Å². The first kappa shape index (κ1) is 21.5. The standard InChI is InChI=1S/C24H28F3N3O/c1-3-16(2)28-23(31)20-14-17-13-18(24(25,26)27)9-10-21(17)30-12-11-29(15-22(20)30)19-7-5-4-6-8-19/h4-10,13,16,20,22H,3,11-12,14-15H2,1-2H3,(H,28,31). The van der Waals surface area contributed by atoms with E-state index in [4.69, 9.17) is 0 Å². The Balaban J connectivity index is 1.68. The highest BCUT2D eigenvalue weighted by molar-refractivity contribution is 5.82. The van der Waals surface area contributed by atoms with Gasteiger partial charge in [0.1, 0.15) is 0 Å². The lowest BCUT2D eigenvalue weighted by Gasteiger charge is -2.50. The lowest BCUT2D eigenvalue weighted by molar-refractivity contribution is -0.137. The summed E-state index contributed by atoms with van der Waals surface area (Å²) in [5.41, 5.74) is 1.86. The number of alkyl halides is 3. The fraction of sp³-hybridized carbons (Fsp3) is 0.458. The molecule has 2 aromatic carbocycles. The van der Waals surface area contributed by atoms with Crippen LogP contribution in [0.3, 0.4) is 0 Å². The molecule has 2 heterocycles. The number of nitrogens with one attached hydrogen (secondary N) is 1. The van der Waals surface area contributed by atoms with Crippen LogP contribution in [0.2, 0.25) is 0 Å². The van der Waals surface area contributed by atoms with Crippen LogP contribution in [0.4, 0.5) is 24.5 Å². The van der Waals surface area contributed by atoms with E-state index in [1.807, 2.05) is 32.0 Å². The summed E-state index contributed by atoms with van der Waals surface area (Å²) in [7, 11) is 0. The quantitative estimate of drug-likeness (QED) is 0.775. The van der Waals surface area contributed by atoms with Crippen LogP contribution in [-0.2, 0) is 17.4 Å². The van der Waals surface area contributed by atoms with E-state index in [2.05, 4.69) is 27.2 Å². The minimum absolute atomic E-state index is 0.0256. The van der Waals surface area contributed by atoms with Crippen LogP contribution in [0.1, 0.15) is 31.4 Å². The maximum atomic E-state index is 13.3. The van der Waals surface area contributed by atoms with Crippen molar-refractivity contribution < 1.29 is 18.0 Å². The number of benzene rings is 2. The van der Waals surface area contributed by atoms with Crippen molar-refractivity contribution in [2.75, 3.05) is 29.4 Å². The summed E-state index contributed by atoms with van der Waals surface area (Å²) in [5, 5.41) is 3.06. The number of anilines is 2. The van der Waals surface area contributed by atoms with Gasteiger partial charge in [0.15, 0.2) is 0 Å². The van der Waals surface area contributed by atoms with Crippen LogP contribution in [0.15, 0.2) is 48.5 Å². The van der Waals surface area contributed by atoms with Gasteiger partial charge in [-0.05, 0) is 55.7 Å². The maximum absolute atomic E-state index is 13.3. The second kappa shape index (κ2) is 8.44. The molecule has 2 aromatic rings. The van der Waals surface area contributed by atoms with Gasteiger partial charge in [-0.25, -0.2) is 0 Å². The Bertz CT molecular complexity index is 931. The topological polar surface area (TPSA) is 35.6 Å². The number of fused-ring (bicyclic) bond motifs is 3. The van der Waals surface area contributed by atoms with Crippen LogP contribution in [0, 0.1) is 5.92 Å². The van der Waals surface area contributed by atoms with Gasteiger partial charge in [-0.1, -0.05) is 25.1 Å². The number of para-hydroxylation sites is 1. The molecular weight excluding hydrogens is 403 g/mol. The molecule has 1 fully saturated rings. The van der Waals surface area contributed by atoms with E-state index < -0.39 is 17.7 Å². The number of hydrogen-bond acceptors (Lipinski definition) is 3. The average molecular weight is 432 g/mol. The molecule has 1 amide bonds. The van der Waals surface area contributed by atoms with Crippen LogP contribution >= 0.6 is 0 Å². The highest BCUT2D eigenvalue weighted by atomic mass is 19.4. The average Bonchev–Trinajstić information content (AvgIpc) is 2.77. The number of carbonyl (C=O) groups excluding carboxylic acids is 1. The molecule has 0 aromatic heterocycles. The van der Waals surface area contributed by atoms with Crippen molar-refractivity contribution in [2.45, 2.75) is 44.9 Å². The fourth-order valence-electron chi connectivity index (χ4n) is 4.62. The predicted molar refractivity (Wildman–Crippen MR) is 116 cm³/mol. The smallest absolute Gasteiger partial charge is 0.368 e. The molecule has 4 nitrogen and oxygen atoms in total. The minimum Gasteiger partial charge on any atom is -0.368 e. The fourth-order valence-corrected chi connectivity index (χ4v) is 4.62. The van der Waals surface area contributed by atoms with Gasteiger partial charge in [0.2, 0.25) is 5.91 Å². The Morgan fingerprint density at radius 1 is 1.16 bits per heavy atom. The Morgan fingerprint density at radius 2 is 1.90 bits per heavy atom. The van der Waals surface area contributed by atoms with Gasteiger partial charge in [-0.2, -0.15) is 13.2 Å². The lowest BCUT2D eigenvalue weighted by atomic mass is 9.82. The van der Waals surface area contributed by atoms with Crippen molar-refractivity contribution in [3.05, 3.63) is 59.7 Å². The van der Waals surface area contributed by atoms with Gasteiger partial charge in [-0.3, -0.25) is 4.79 Å². The molecule has 2 aliphatic rings. The van der Waals surface area contributed by atoms with Gasteiger partial charge in [-0.15, -0.1) is 0 Å². The predicted octanol–water partition coefficient (Wildman–Crippen LogP) is 4.49. The first-order valence-corrected chi connectivity index (χ1v) is 10.8. The Morgan fingerprint density at radius 3 is 2.58 bits per heavy atom. The summed E-state index contributed by atoms with van der Waals surface area (Å²) in [4.78, 5) is 17.6. The number of hydrogen-bond donors (Lipinski definition) is 1. The number of nitrogens with zero attached hydrogens (tertiary/aromatic N) is 2. The van der Waals surface area contributed by atoms with Crippen molar-refractivity contribution in [2.24, 2.45) is 5.92 Å². The van der Waals surface area contributed by atoms with E-state index in [0.29, 0.717) is 25.1 Å². The van der Waals surface area contributed by atoms with Gasteiger partial charge in [0, 0.05) is 37.1 Å². The zero-order chi connectivity index (χ0) is 22.2. The molecule has 4 rings (SSSR count). The molecule has 3 atom stereocenters. The number of rotatable bonds is 4. The summed E-state index contributed by atoms with van der Waals surface area (Å²) in [5.74, 6) is -0.487. The van der Waals surface area contributed by atoms with E-state index >= 15 is 0 Å². The number of piperazine rings is 1. The third kappa shape index (κ3) is 4.36. The van der Waals surface area contributed by atoms with Crippen molar-refractivity contribution >= 4 is 17.3 Å². The summed E-state index contributed by atoms with van der Waals surface area (Å²) in [6.07, 6.45) is -3.28. The van der Waals surface area contributed by atoms with Gasteiger partial charge >= 0.3 is 6.18 Å². The molecule has 0 spiro atoms. The van der Waals surface area contributed by atoms with Crippen molar-refractivity contribution in [1.82, 2.24) is 5.32 Å². The van der Waals surface area contributed by atoms with E-state index in [1.54, 1.807) is 6.07 Å². The SMILES string of the molecule is CCC(C)NC(=O)C1Cc2cc(C(F)(F)F)ccc2N2CCN(c3ccccc3)CC12. The molecular formula is C24H28F3N3O. The summed E-state index contributed by atoms with van der Waals surface area (Å²) < 4.78 is 39.9. The molecule has 0 aliphatic carbocycles. The van der Waals surface area contributed by atoms with Crippen molar-refractivity contribution in [3.8, 4) is 0 Å². The summed E-state index contributed by atoms with van der Waals surface area (Å²) >= 11 is 0. The van der Waals surface area contributed by atoms with Crippen molar-refractivity contribution in [3.63, 3.8) is 0 Å². The Labute approximate surface area is 181 Å². The van der Waals surface area contributed by atoms with E-state index in [1.165, 1.54) is 6.07 Å². The Hall–Kier alpha value is -2.70. The number of carbonyl (C=O) groups is 1. The van der Waals surface area contributed by atoms with Crippen LogP contribution in [0.25, 0.3) is 0 Å². The minimum atomic E-state index is -4.40. The normalized spacial score (nSPS) is 21.8. The second-order valence-corrected chi connectivity index (χ2v) is 8.51. The molecule has 2 aliphatic heterocycles. The molecule has 166 valence electrons. The summed E-state index contributed by atoms with van der Waals surface area (Å²) in [6, 6.07) is 13.9. The molecule has 1 N–H and O–H groups in total.